The third-order valence-corrected chi connectivity index (χ3v) is 11.9. The van der Waals surface area contributed by atoms with Crippen molar-refractivity contribution < 1.29 is 28.3 Å². The largest absolute Gasteiger partial charge is 0.390 e. The lowest BCUT2D eigenvalue weighted by Gasteiger charge is -2.63. The molecule has 4 fully saturated rings. The average molecular weight is 592 g/mol. The Bertz CT molecular complexity index is 1260. The van der Waals surface area contributed by atoms with Crippen molar-refractivity contribution in [2.75, 3.05) is 18.3 Å². The highest BCUT2D eigenvalue weighted by Crippen LogP contribution is 2.73. The van der Waals surface area contributed by atoms with Crippen LogP contribution < -0.4 is 0 Å². The number of ketones is 1. The number of hydrogen-bond acceptors (Lipinski definition) is 6. The summed E-state index contributed by atoms with van der Waals surface area (Å²) in [5, 5.41) is 13.4. The van der Waals surface area contributed by atoms with Gasteiger partial charge in [-0.15, -0.1) is 11.6 Å². The summed E-state index contributed by atoms with van der Waals surface area (Å²) in [5.74, 6) is -1.84. The zero-order valence-electron chi connectivity index (χ0n) is 22.8. The zero-order valence-corrected chi connectivity index (χ0v) is 24.4. The van der Waals surface area contributed by atoms with Crippen molar-refractivity contribution in [3.63, 3.8) is 0 Å². The molecule has 1 aromatic carbocycles. The van der Waals surface area contributed by atoms with E-state index in [9.17, 15) is 14.7 Å². The van der Waals surface area contributed by atoms with Crippen LogP contribution in [0.5, 0.6) is 0 Å². The first-order valence-corrected chi connectivity index (χ1v) is 15.7. The molecule has 6 rings (SSSR count). The van der Waals surface area contributed by atoms with Crippen LogP contribution in [-0.2, 0) is 20.8 Å². The van der Waals surface area contributed by atoms with Gasteiger partial charge in [0.15, 0.2) is 17.1 Å². The van der Waals surface area contributed by atoms with Crippen LogP contribution in [-0.4, -0.2) is 62.9 Å². The molecule has 9 heteroatoms. The summed E-state index contributed by atoms with van der Waals surface area (Å²) < 4.78 is 33.3. The molecule has 40 heavy (non-hydrogen) atoms. The average Bonchev–Trinajstić information content (AvgIpc) is 3.40. The molecular formula is C31H36ClF2NO4S. The van der Waals surface area contributed by atoms with Crippen molar-refractivity contribution in [1.82, 2.24) is 5.06 Å². The highest BCUT2D eigenvalue weighted by atomic mass is 35.5. The SMILES string of the molecule is CC12C[C@H](O)[C@@]3(F)[C@@H](C[C@H](F)C4=CC(=O)C=C[C@@]43C)C1C[C@H]1CN(CCCc3ccccc3)O[C@]12C(=O)SCCl. The number of allylic oxidation sites excluding steroid dienone is 4. The molecule has 1 N–H and O–H groups in total. The second kappa shape index (κ2) is 10.0. The van der Waals surface area contributed by atoms with E-state index in [0.29, 0.717) is 19.5 Å². The van der Waals surface area contributed by atoms with Gasteiger partial charge in [-0.3, -0.25) is 14.4 Å². The van der Waals surface area contributed by atoms with Crippen molar-refractivity contribution in [2.24, 2.45) is 28.6 Å². The number of aliphatic hydroxyl groups is 1. The van der Waals surface area contributed by atoms with Crippen LogP contribution in [0.2, 0.25) is 0 Å². The zero-order chi connectivity index (χ0) is 28.5. The van der Waals surface area contributed by atoms with E-state index >= 15 is 8.78 Å². The first-order chi connectivity index (χ1) is 19.0. The van der Waals surface area contributed by atoms with Crippen molar-refractivity contribution in [3.8, 4) is 0 Å². The lowest BCUT2D eigenvalue weighted by molar-refractivity contribution is -0.263. The first-order valence-electron chi connectivity index (χ1n) is 14.2. The van der Waals surface area contributed by atoms with Gasteiger partial charge in [-0.1, -0.05) is 55.1 Å². The number of nitrogens with zero attached hydrogens (tertiary/aromatic N) is 1. The van der Waals surface area contributed by atoms with Crippen molar-refractivity contribution >= 4 is 34.3 Å². The molecule has 4 aliphatic carbocycles. The third kappa shape index (κ3) is 3.82. The van der Waals surface area contributed by atoms with Gasteiger partial charge in [0.25, 0.3) is 0 Å². The number of fused-ring (bicyclic) bond motifs is 7. The summed E-state index contributed by atoms with van der Waals surface area (Å²) >= 11 is 7.02. The fourth-order valence-electron chi connectivity index (χ4n) is 9.06. The van der Waals surface area contributed by atoms with Crippen LogP contribution in [0.25, 0.3) is 0 Å². The molecule has 216 valence electrons. The van der Waals surface area contributed by atoms with E-state index < -0.39 is 40.3 Å². The highest BCUT2D eigenvalue weighted by Gasteiger charge is 2.79. The molecule has 1 aliphatic heterocycles. The van der Waals surface area contributed by atoms with Gasteiger partial charge in [-0.2, -0.15) is 5.06 Å². The molecule has 9 atom stereocenters. The molecular weight excluding hydrogens is 556 g/mol. The predicted molar refractivity (Wildman–Crippen MR) is 151 cm³/mol. The molecule has 1 saturated heterocycles. The molecule has 0 bridgehead atoms. The van der Waals surface area contributed by atoms with Gasteiger partial charge in [0, 0.05) is 35.8 Å². The lowest BCUT2D eigenvalue weighted by Crippen LogP contribution is -2.70. The smallest absolute Gasteiger partial charge is 0.224 e. The van der Waals surface area contributed by atoms with Crippen LogP contribution in [0.1, 0.15) is 45.1 Å². The molecule has 3 saturated carbocycles. The molecule has 5 aliphatic rings. The third-order valence-electron chi connectivity index (χ3n) is 10.9. The highest BCUT2D eigenvalue weighted by molar-refractivity contribution is 8.14. The molecule has 2 unspecified atom stereocenters. The summed E-state index contributed by atoms with van der Waals surface area (Å²) in [6.45, 7) is 4.65. The van der Waals surface area contributed by atoms with Crippen LogP contribution in [0, 0.1) is 28.6 Å². The Kier molecular flexibility index (Phi) is 7.14. The number of rotatable bonds is 6. The summed E-state index contributed by atoms with van der Waals surface area (Å²) in [5.41, 5.74) is -4.51. The minimum absolute atomic E-state index is 0.00475. The van der Waals surface area contributed by atoms with Crippen LogP contribution >= 0.6 is 23.4 Å². The molecule has 0 aromatic heterocycles. The van der Waals surface area contributed by atoms with E-state index in [1.807, 2.05) is 30.2 Å². The quantitative estimate of drug-likeness (QED) is 0.434. The minimum atomic E-state index is -2.18. The second-order valence-electron chi connectivity index (χ2n) is 12.6. The van der Waals surface area contributed by atoms with Gasteiger partial charge in [0.05, 0.1) is 11.3 Å². The molecule has 1 heterocycles. The molecule has 5 nitrogen and oxygen atoms in total. The Balaban J connectivity index is 1.32. The van der Waals surface area contributed by atoms with E-state index in [4.69, 9.17) is 16.4 Å². The Hall–Kier alpha value is -1.58. The number of hydroxylamine groups is 2. The lowest BCUT2D eigenvalue weighted by atomic mass is 9.44. The van der Waals surface area contributed by atoms with Gasteiger partial charge < -0.3 is 5.11 Å². The van der Waals surface area contributed by atoms with Crippen molar-refractivity contribution in [1.29, 1.82) is 0 Å². The Morgan fingerprint density at radius 3 is 2.70 bits per heavy atom. The molecule has 0 spiro atoms. The van der Waals surface area contributed by atoms with E-state index in [1.165, 1.54) is 23.8 Å². The van der Waals surface area contributed by atoms with E-state index in [1.54, 1.807) is 6.92 Å². The maximum absolute atomic E-state index is 17.5. The molecule has 0 radical (unpaired) electrons. The first kappa shape index (κ1) is 28.5. The van der Waals surface area contributed by atoms with Gasteiger partial charge in [0.1, 0.15) is 6.17 Å². The van der Waals surface area contributed by atoms with Gasteiger partial charge >= 0.3 is 0 Å². The van der Waals surface area contributed by atoms with Gasteiger partial charge in [-0.05, 0) is 68.2 Å². The summed E-state index contributed by atoms with van der Waals surface area (Å²) in [6, 6.07) is 10.2. The maximum Gasteiger partial charge on any atom is 0.224 e. The minimum Gasteiger partial charge on any atom is -0.390 e. The number of carbonyl (C=O) groups excluding carboxylic acids is 2. The number of thioether (sulfide) groups is 1. The number of hydrogen-bond donors (Lipinski definition) is 1. The number of carbonyl (C=O) groups is 2. The van der Waals surface area contributed by atoms with Crippen LogP contribution in [0.15, 0.2) is 54.1 Å². The summed E-state index contributed by atoms with van der Waals surface area (Å²) in [6.07, 6.45) is 2.99. The van der Waals surface area contributed by atoms with E-state index in [0.717, 1.165) is 24.6 Å². The maximum atomic E-state index is 17.5. The predicted octanol–water partition coefficient (Wildman–Crippen LogP) is 5.61. The number of aliphatic hydroxyl groups excluding tert-OH is 1. The van der Waals surface area contributed by atoms with Gasteiger partial charge in [-0.25, -0.2) is 8.78 Å². The Labute approximate surface area is 243 Å². The summed E-state index contributed by atoms with van der Waals surface area (Å²) in [7, 11) is 0. The van der Waals surface area contributed by atoms with Gasteiger partial charge in [0.2, 0.25) is 5.12 Å². The number of aryl methyl sites for hydroxylation is 1. The number of benzene rings is 1. The fraction of sp³-hybridized carbons (Fsp3) is 0.613. The van der Waals surface area contributed by atoms with Crippen molar-refractivity contribution in [3.05, 3.63) is 59.7 Å². The monoisotopic (exact) mass is 591 g/mol. The van der Waals surface area contributed by atoms with Crippen LogP contribution in [0.3, 0.4) is 0 Å². The topological polar surface area (TPSA) is 66.8 Å². The van der Waals surface area contributed by atoms with E-state index in [-0.39, 0.29) is 46.4 Å². The number of alkyl halides is 3. The fourth-order valence-corrected chi connectivity index (χ4v) is 10.1. The standard InChI is InChI=1S/C31H36ClF2NO4S/c1-28-11-10-21(36)14-24(28)25(33)15-23-22-13-20-17-35(12-6-9-19-7-4-3-5-8-19)39-31(20,27(38)40-18-32)29(22,2)16-26(37)30(23,28)34/h3-5,7-8,10-11,14,20,22-23,25-26,37H,6,9,12-13,15-18H2,1-2H3/t20-,22?,23-,25-,26-,28-,29?,30-,31-/m0/s1. The van der Waals surface area contributed by atoms with Crippen molar-refractivity contribution in [2.45, 2.75) is 69.5 Å². The van der Waals surface area contributed by atoms with Crippen LogP contribution in [0.4, 0.5) is 8.78 Å². The number of halogens is 3. The Morgan fingerprint density at radius 1 is 1.23 bits per heavy atom. The van der Waals surface area contributed by atoms with E-state index in [2.05, 4.69) is 12.1 Å². The normalized spacial score (nSPS) is 44.0. The Morgan fingerprint density at radius 2 is 1.98 bits per heavy atom. The summed E-state index contributed by atoms with van der Waals surface area (Å²) in [4.78, 5) is 32.6. The molecule has 0 amide bonds. The molecule has 1 aromatic rings. The second-order valence-corrected chi connectivity index (χ2v) is 14.2.